The molecule has 0 spiro atoms. The lowest BCUT2D eigenvalue weighted by Crippen LogP contribution is -2.44. The van der Waals surface area contributed by atoms with Crippen molar-refractivity contribution in [3.05, 3.63) is 47.7 Å². The van der Waals surface area contributed by atoms with Crippen molar-refractivity contribution in [2.75, 3.05) is 6.61 Å². The van der Waals surface area contributed by atoms with Gasteiger partial charge in [-0.05, 0) is 25.1 Å². The topological polar surface area (TPSA) is 68.4 Å². The number of carbonyl (C=O) groups is 2. The molecule has 1 aromatic rings. The van der Waals surface area contributed by atoms with Gasteiger partial charge in [-0.25, -0.2) is 9.59 Å². The quantitative estimate of drug-likeness (QED) is 0.631. The number of ether oxygens (including phenoxy) is 3. The minimum absolute atomic E-state index is 0.00563. The largest absolute Gasteiger partial charge is 0.454 e. The summed E-state index contributed by atoms with van der Waals surface area (Å²) in [5, 5.41) is 0. The fourth-order valence-electron chi connectivity index (χ4n) is 3.34. The summed E-state index contributed by atoms with van der Waals surface area (Å²) in [7, 11) is 0. The first-order valence-corrected chi connectivity index (χ1v) is 7.78. The first-order chi connectivity index (χ1) is 11.2. The van der Waals surface area contributed by atoms with Crippen LogP contribution < -0.4 is 0 Å². The van der Waals surface area contributed by atoms with Gasteiger partial charge in [-0.1, -0.05) is 18.2 Å². The Kier molecular flexibility index (Phi) is 3.34. The molecule has 120 valence electrons. The smallest absolute Gasteiger partial charge is 0.414 e. The lowest BCUT2D eigenvalue weighted by molar-refractivity contribution is 0.0243. The highest BCUT2D eigenvalue weighted by atomic mass is 16.6. The maximum absolute atomic E-state index is 12.2. The molecule has 0 aliphatic carbocycles. The number of fused-ring (bicyclic) bond motifs is 5. The van der Waals surface area contributed by atoms with E-state index in [9.17, 15) is 9.59 Å². The van der Waals surface area contributed by atoms with Crippen molar-refractivity contribution >= 4 is 12.1 Å². The average molecular weight is 315 g/mol. The third kappa shape index (κ3) is 2.39. The van der Waals surface area contributed by atoms with Gasteiger partial charge >= 0.3 is 12.1 Å². The summed E-state index contributed by atoms with van der Waals surface area (Å²) >= 11 is 0. The summed E-state index contributed by atoms with van der Waals surface area (Å²) in [6.45, 7) is 2.11. The molecule has 3 aliphatic heterocycles. The SMILES string of the molecule is CCOC(=O)N1C2=CC(OC(=O)c3ccccc3)CC1[C@H]1O[C@@H]21. The molecule has 0 radical (unpaired) electrons. The van der Waals surface area contributed by atoms with Crippen LogP contribution in [-0.4, -0.2) is 47.9 Å². The van der Waals surface area contributed by atoms with Crippen LogP contribution in [0.25, 0.3) is 0 Å². The summed E-state index contributed by atoms with van der Waals surface area (Å²) < 4.78 is 16.2. The third-order valence-corrected chi connectivity index (χ3v) is 4.37. The molecule has 6 heteroatoms. The predicted molar refractivity (Wildman–Crippen MR) is 79.7 cm³/mol. The molecule has 1 aromatic carbocycles. The van der Waals surface area contributed by atoms with Crippen LogP contribution in [0, 0.1) is 0 Å². The van der Waals surface area contributed by atoms with E-state index in [1.165, 1.54) is 0 Å². The fraction of sp³-hybridized carbons (Fsp3) is 0.412. The Morgan fingerprint density at radius 2 is 2.09 bits per heavy atom. The number of benzene rings is 1. The van der Waals surface area contributed by atoms with Gasteiger partial charge in [-0.2, -0.15) is 0 Å². The normalized spacial score (nSPS) is 30.3. The van der Waals surface area contributed by atoms with E-state index in [0.29, 0.717) is 18.6 Å². The monoisotopic (exact) mass is 315 g/mol. The second-order valence-electron chi connectivity index (χ2n) is 5.79. The van der Waals surface area contributed by atoms with Crippen LogP contribution in [0.5, 0.6) is 0 Å². The van der Waals surface area contributed by atoms with E-state index in [-0.39, 0.29) is 36.4 Å². The number of esters is 1. The van der Waals surface area contributed by atoms with Crippen LogP contribution >= 0.6 is 0 Å². The van der Waals surface area contributed by atoms with E-state index in [1.807, 2.05) is 12.1 Å². The molecule has 2 bridgehead atoms. The molecule has 2 fully saturated rings. The Balaban J connectivity index is 1.50. The van der Waals surface area contributed by atoms with E-state index in [1.54, 1.807) is 36.1 Å². The third-order valence-electron chi connectivity index (χ3n) is 4.37. The van der Waals surface area contributed by atoms with Crippen LogP contribution in [-0.2, 0) is 14.2 Å². The number of carbonyl (C=O) groups excluding carboxylic acids is 2. The van der Waals surface area contributed by atoms with Crippen molar-refractivity contribution < 1.29 is 23.8 Å². The molecule has 23 heavy (non-hydrogen) atoms. The van der Waals surface area contributed by atoms with E-state index >= 15 is 0 Å². The van der Waals surface area contributed by atoms with Crippen molar-refractivity contribution in [3.8, 4) is 0 Å². The van der Waals surface area contributed by atoms with Gasteiger partial charge in [0.2, 0.25) is 0 Å². The van der Waals surface area contributed by atoms with Crippen LogP contribution in [0.3, 0.4) is 0 Å². The molecule has 0 aromatic heterocycles. The van der Waals surface area contributed by atoms with Crippen molar-refractivity contribution in [1.29, 1.82) is 0 Å². The average Bonchev–Trinajstić information content (AvgIpc) is 3.32. The van der Waals surface area contributed by atoms with Gasteiger partial charge in [0.15, 0.2) is 0 Å². The van der Waals surface area contributed by atoms with Crippen molar-refractivity contribution in [2.45, 2.75) is 37.7 Å². The molecule has 4 rings (SSSR count). The number of rotatable bonds is 3. The van der Waals surface area contributed by atoms with Crippen LogP contribution in [0.4, 0.5) is 4.79 Å². The fourth-order valence-corrected chi connectivity index (χ4v) is 3.34. The Bertz CT molecular complexity index is 671. The summed E-state index contributed by atoms with van der Waals surface area (Å²) in [6, 6.07) is 8.77. The van der Waals surface area contributed by atoms with E-state index in [0.717, 1.165) is 5.70 Å². The van der Waals surface area contributed by atoms with E-state index in [4.69, 9.17) is 14.2 Å². The first kappa shape index (κ1) is 14.3. The van der Waals surface area contributed by atoms with Gasteiger partial charge < -0.3 is 14.2 Å². The second-order valence-corrected chi connectivity index (χ2v) is 5.79. The van der Waals surface area contributed by atoms with Gasteiger partial charge in [0.25, 0.3) is 0 Å². The molecule has 2 saturated heterocycles. The van der Waals surface area contributed by atoms with Gasteiger partial charge in [-0.15, -0.1) is 0 Å². The number of epoxide rings is 1. The molecule has 3 aliphatic rings. The Hall–Kier alpha value is -2.34. The molecular formula is C17H17NO5. The highest BCUT2D eigenvalue weighted by Gasteiger charge is 2.62. The first-order valence-electron chi connectivity index (χ1n) is 7.78. The number of hydrogen-bond acceptors (Lipinski definition) is 5. The summed E-state index contributed by atoms with van der Waals surface area (Å²) in [4.78, 5) is 25.9. The van der Waals surface area contributed by atoms with Crippen LogP contribution in [0.15, 0.2) is 42.1 Å². The maximum atomic E-state index is 12.2. The van der Waals surface area contributed by atoms with E-state index < -0.39 is 0 Å². The van der Waals surface area contributed by atoms with Crippen LogP contribution in [0.1, 0.15) is 23.7 Å². The van der Waals surface area contributed by atoms with Crippen molar-refractivity contribution in [2.24, 2.45) is 0 Å². The standard InChI is InChI=1S/C17H17NO5/c1-2-21-17(20)18-12-8-11(9-13(18)15-14(12)23-15)22-16(19)10-6-4-3-5-7-10/h3-8,11,13-15H,2,9H2,1H3/t11?,13?,14-,15+/m0/s1. The van der Waals surface area contributed by atoms with Gasteiger partial charge in [0, 0.05) is 6.42 Å². The number of amides is 1. The maximum Gasteiger partial charge on any atom is 0.414 e. The van der Waals surface area contributed by atoms with Crippen LogP contribution in [0.2, 0.25) is 0 Å². The Morgan fingerprint density at radius 1 is 1.30 bits per heavy atom. The Labute approximate surface area is 133 Å². The Morgan fingerprint density at radius 3 is 2.78 bits per heavy atom. The van der Waals surface area contributed by atoms with Crippen molar-refractivity contribution in [3.63, 3.8) is 0 Å². The minimum atomic E-state index is -0.356. The highest BCUT2D eigenvalue weighted by Crippen LogP contribution is 2.49. The molecule has 3 heterocycles. The second kappa shape index (κ2) is 5.38. The number of nitrogens with zero attached hydrogens (tertiary/aromatic N) is 1. The molecular weight excluding hydrogens is 298 g/mol. The lowest BCUT2D eigenvalue weighted by atomic mass is 10.1. The zero-order chi connectivity index (χ0) is 16.0. The molecule has 6 nitrogen and oxygen atoms in total. The summed E-state index contributed by atoms with van der Waals surface area (Å²) in [5.41, 5.74) is 1.28. The predicted octanol–water partition coefficient (Wildman–Crippen LogP) is 2.11. The molecule has 0 N–H and O–H groups in total. The zero-order valence-corrected chi connectivity index (χ0v) is 12.7. The minimum Gasteiger partial charge on any atom is -0.454 e. The number of hydrogen-bond donors (Lipinski definition) is 0. The van der Waals surface area contributed by atoms with Gasteiger partial charge in [0.1, 0.15) is 18.3 Å². The summed E-state index contributed by atoms with van der Waals surface area (Å²) in [5.74, 6) is -0.356. The van der Waals surface area contributed by atoms with E-state index in [2.05, 4.69) is 0 Å². The number of morpholine rings is 1. The summed E-state index contributed by atoms with van der Waals surface area (Å²) in [6.07, 6.45) is 1.58. The highest BCUT2D eigenvalue weighted by molar-refractivity contribution is 5.89. The molecule has 1 amide bonds. The van der Waals surface area contributed by atoms with Gasteiger partial charge in [0.05, 0.1) is 23.9 Å². The zero-order valence-electron chi connectivity index (χ0n) is 12.7. The molecule has 0 saturated carbocycles. The van der Waals surface area contributed by atoms with Gasteiger partial charge in [-0.3, -0.25) is 4.90 Å². The molecule has 2 unspecified atom stereocenters. The van der Waals surface area contributed by atoms with Crippen molar-refractivity contribution in [1.82, 2.24) is 4.90 Å². The molecule has 4 atom stereocenters. The lowest BCUT2D eigenvalue weighted by Gasteiger charge is -2.33.